The number of benzene rings is 4. The first-order valence-electron chi connectivity index (χ1n) is 22.2. The van der Waals surface area contributed by atoms with Crippen molar-refractivity contribution in [3.63, 3.8) is 0 Å². The molecule has 4 aromatic carbocycles. The Bertz CT molecular complexity index is 2210. The summed E-state index contributed by atoms with van der Waals surface area (Å²) in [5, 5.41) is 38.4. The van der Waals surface area contributed by atoms with Crippen molar-refractivity contribution in [1.29, 1.82) is 0 Å². The molecule has 4 N–H and O–H groups in total. The van der Waals surface area contributed by atoms with E-state index in [-0.39, 0.29) is 32.5 Å². The van der Waals surface area contributed by atoms with E-state index in [1.54, 1.807) is 0 Å². The highest BCUT2D eigenvalue weighted by Gasteiger charge is 2.31. The van der Waals surface area contributed by atoms with Gasteiger partial charge in [0, 0.05) is 25.2 Å². The molecule has 0 aliphatic carbocycles. The Balaban J connectivity index is 1.75. The number of phenols is 3. The van der Waals surface area contributed by atoms with Crippen LogP contribution in [0.4, 0.5) is 11.9 Å². The molecule has 0 radical (unpaired) electrons. The van der Waals surface area contributed by atoms with Crippen molar-refractivity contribution in [3.8, 4) is 28.6 Å². The van der Waals surface area contributed by atoms with Gasteiger partial charge in [-0.2, -0.15) is 15.0 Å². The van der Waals surface area contributed by atoms with Crippen LogP contribution in [-0.4, -0.2) is 30.3 Å². The number of nitrogens with zero attached hydrogens (tertiary/aromatic N) is 4. The number of rotatable bonds is 9. The molecule has 0 saturated carbocycles. The van der Waals surface area contributed by atoms with E-state index in [0.717, 1.165) is 55.6 Å². The summed E-state index contributed by atoms with van der Waals surface area (Å²) < 4.78 is 0. The van der Waals surface area contributed by atoms with Gasteiger partial charge in [-0.1, -0.05) is 155 Å². The van der Waals surface area contributed by atoms with Gasteiger partial charge in [-0.05, 0) is 119 Å². The monoisotopic (exact) mass is 842 g/mol. The number of aromatic hydroxyl groups is 3. The molecule has 0 aliphatic heterocycles. The minimum Gasteiger partial charge on any atom is -0.507 e. The fourth-order valence-corrected chi connectivity index (χ4v) is 7.92. The molecule has 0 aliphatic rings. The van der Waals surface area contributed by atoms with Gasteiger partial charge in [-0.15, -0.1) is 0 Å². The third kappa shape index (κ3) is 11.1. The van der Waals surface area contributed by atoms with Crippen LogP contribution in [0.15, 0.2) is 66.7 Å². The third-order valence-electron chi connectivity index (χ3n) is 11.5. The van der Waals surface area contributed by atoms with Crippen LogP contribution in [-0.2, 0) is 52.1 Å². The van der Waals surface area contributed by atoms with Gasteiger partial charge in [-0.25, -0.2) is 0 Å². The van der Waals surface area contributed by atoms with Gasteiger partial charge < -0.3 is 25.5 Å². The van der Waals surface area contributed by atoms with Crippen molar-refractivity contribution in [1.82, 2.24) is 15.0 Å². The Hall–Kier alpha value is -5.11. The molecule has 0 bridgehead atoms. The lowest BCUT2D eigenvalue weighted by Crippen LogP contribution is -2.27. The summed E-state index contributed by atoms with van der Waals surface area (Å²) in [5.41, 5.74) is 7.43. The van der Waals surface area contributed by atoms with E-state index in [1.807, 2.05) is 30.3 Å². The van der Waals surface area contributed by atoms with Crippen molar-refractivity contribution < 1.29 is 15.3 Å². The highest BCUT2D eigenvalue weighted by Crippen LogP contribution is 2.43. The normalized spacial score (nSPS) is 13.1. The zero-order valence-electron chi connectivity index (χ0n) is 41.1. The van der Waals surface area contributed by atoms with Crippen LogP contribution in [0.2, 0.25) is 0 Å². The SMILES string of the molecule is CC(C)(C)c1cc(CNc2nc(-c3ccccc3)nc(N(Cc3cc(C(C)(C)C)c(O)c(C(C)(C)C)c3)Cc3cc(C(C)(C)C)c(O)c(C(C)(C)C)c3)n2)cc(C(C)(C)C)c1O. The topological polar surface area (TPSA) is 115 Å². The summed E-state index contributed by atoms with van der Waals surface area (Å²) >= 11 is 0. The van der Waals surface area contributed by atoms with Gasteiger partial charge in [-0.3, -0.25) is 0 Å². The minimum atomic E-state index is -0.316. The maximum Gasteiger partial charge on any atom is 0.231 e. The van der Waals surface area contributed by atoms with Gasteiger partial charge in [0.15, 0.2) is 5.82 Å². The van der Waals surface area contributed by atoms with Gasteiger partial charge in [0.2, 0.25) is 11.9 Å². The number of anilines is 2. The molecule has 0 amide bonds. The first-order chi connectivity index (χ1) is 28.2. The molecule has 8 nitrogen and oxygen atoms in total. The maximum absolute atomic E-state index is 11.7. The Morgan fingerprint density at radius 2 is 0.758 bits per heavy atom. The van der Waals surface area contributed by atoms with Gasteiger partial charge in [0.05, 0.1) is 0 Å². The number of hydrogen-bond acceptors (Lipinski definition) is 8. The van der Waals surface area contributed by atoms with Crippen molar-refractivity contribution in [2.75, 3.05) is 10.2 Å². The van der Waals surface area contributed by atoms with Crippen LogP contribution in [0.1, 0.15) is 175 Å². The van der Waals surface area contributed by atoms with Crippen molar-refractivity contribution in [2.45, 2.75) is 177 Å². The molecule has 0 fully saturated rings. The lowest BCUT2D eigenvalue weighted by atomic mass is 9.78. The summed E-state index contributed by atoms with van der Waals surface area (Å²) in [7, 11) is 0. The number of nitrogens with one attached hydrogen (secondary N) is 1. The average molecular weight is 842 g/mol. The van der Waals surface area contributed by atoms with Crippen LogP contribution in [0.3, 0.4) is 0 Å². The highest BCUT2D eigenvalue weighted by molar-refractivity contribution is 5.60. The van der Waals surface area contributed by atoms with E-state index in [1.165, 1.54) is 0 Å². The van der Waals surface area contributed by atoms with E-state index < -0.39 is 0 Å². The highest BCUT2D eigenvalue weighted by atomic mass is 16.3. The van der Waals surface area contributed by atoms with Crippen LogP contribution in [0, 0.1) is 0 Å². The molecule has 0 unspecified atom stereocenters. The fourth-order valence-electron chi connectivity index (χ4n) is 7.92. The molecule has 62 heavy (non-hydrogen) atoms. The maximum atomic E-state index is 11.7. The van der Waals surface area contributed by atoms with Gasteiger partial charge in [0.1, 0.15) is 17.2 Å². The Morgan fingerprint density at radius 3 is 1.08 bits per heavy atom. The molecule has 1 aromatic heterocycles. The number of phenolic OH excluding ortho intramolecular Hbond substituents is 3. The molecule has 0 saturated heterocycles. The lowest BCUT2D eigenvalue weighted by molar-refractivity contribution is 0.421. The fraction of sp³-hybridized carbons (Fsp3) is 0.500. The molecular weight excluding hydrogens is 767 g/mol. The Labute approximate surface area is 373 Å². The zero-order chi connectivity index (χ0) is 46.5. The standard InChI is InChI=1S/C54H75N5O3/c1-49(2,3)37-24-33(25-38(43(37)60)50(4,5)6)30-55-47-56-46(36-22-20-19-21-23-36)57-48(58-47)59(31-34-26-39(51(7,8)9)44(61)40(27-34)52(10,11)12)32-35-28-41(53(13,14)15)45(62)42(29-35)54(16,17)18/h19-29,60-62H,30-32H2,1-18H3,(H,55,56,57,58). The van der Waals surface area contributed by atoms with Crippen molar-refractivity contribution in [3.05, 3.63) is 117 Å². The third-order valence-corrected chi connectivity index (χ3v) is 11.5. The molecular formula is C54H75N5O3. The van der Waals surface area contributed by atoms with E-state index in [9.17, 15) is 15.3 Å². The molecule has 8 heteroatoms. The van der Waals surface area contributed by atoms with Gasteiger partial charge >= 0.3 is 0 Å². The van der Waals surface area contributed by atoms with E-state index in [2.05, 4.69) is 171 Å². The van der Waals surface area contributed by atoms with Crippen molar-refractivity contribution >= 4 is 11.9 Å². The second kappa shape index (κ2) is 16.9. The predicted molar refractivity (Wildman–Crippen MR) is 259 cm³/mol. The summed E-state index contributed by atoms with van der Waals surface area (Å²) in [4.78, 5) is 17.6. The average Bonchev–Trinajstić information content (AvgIpc) is 3.12. The largest absolute Gasteiger partial charge is 0.507 e. The van der Waals surface area contributed by atoms with E-state index in [0.29, 0.717) is 54.6 Å². The number of hydrogen-bond donors (Lipinski definition) is 4. The molecule has 334 valence electrons. The van der Waals surface area contributed by atoms with Gasteiger partial charge in [0.25, 0.3) is 0 Å². The molecule has 0 spiro atoms. The lowest BCUT2D eigenvalue weighted by Gasteiger charge is -2.31. The quantitative estimate of drug-likeness (QED) is 0.116. The van der Waals surface area contributed by atoms with Crippen LogP contribution in [0.5, 0.6) is 17.2 Å². The Kier molecular flexibility index (Phi) is 13.0. The van der Waals surface area contributed by atoms with Crippen molar-refractivity contribution in [2.24, 2.45) is 0 Å². The molecule has 5 aromatic rings. The van der Waals surface area contributed by atoms with E-state index >= 15 is 0 Å². The first-order valence-corrected chi connectivity index (χ1v) is 22.2. The summed E-state index contributed by atoms with van der Waals surface area (Å²) in [6.07, 6.45) is 0. The summed E-state index contributed by atoms with van der Waals surface area (Å²) in [5.74, 6) is 2.46. The van der Waals surface area contributed by atoms with E-state index in [4.69, 9.17) is 15.0 Å². The predicted octanol–water partition coefficient (Wildman–Crippen LogP) is 13.3. The second-order valence-corrected chi connectivity index (χ2v) is 23.5. The minimum absolute atomic E-state index is 0.275. The second-order valence-electron chi connectivity index (χ2n) is 23.5. The molecule has 5 rings (SSSR count). The number of aromatic nitrogens is 3. The summed E-state index contributed by atoms with van der Waals surface area (Å²) in [6, 6.07) is 22.6. The molecule has 1 heterocycles. The van der Waals surface area contributed by atoms with Crippen LogP contribution in [0.25, 0.3) is 11.4 Å². The molecule has 0 atom stereocenters. The first kappa shape index (κ1) is 47.9. The van der Waals surface area contributed by atoms with Crippen LogP contribution >= 0.6 is 0 Å². The van der Waals surface area contributed by atoms with Crippen LogP contribution < -0.4 is 10.2 Å². The summed E-state index contributed by atoms with van der Waals surface area (Å²) in [6.45, 7) is 39.6. The Morgan fingerprint density at radius 1 is 0.435 bits per heavy atom. The smallest absolute Gasteiger partial charge is 0.231 e. The zero-order valence-corrected chi connectivity index (χ0v) is 41.1.